The van der Waals surface area contributed by atoms with Crippen molar-refractivity contribution < 1.29 is 53.2 Å². The van der Waals surface area contributed by atoms with Crippen LogP contribution < -0.4 is 24.3 Å². The molecule has 0 saturated heterocycles. The fourth-order valence-corrected chi connectivity index (χ4v) is 9.66. The third-order valence-electron chi connectivity index (χ3n) is 12.3. The third kappa shape index (κ3) is 9.78. The second kappa shape index (κ2) is 21.0. The number of carbonyl (C=O) groups is 2. The Kier molecular flexibility index (Phi) is 15.0. The van der Waals surface area contributed by atoms with Gasteiger partial charge in [0.1, 0.15) is 24.7 Å². The van der Waals surface area contributed by atoms with Crippen molar-refractivity contribution in [1.29, 1.82) is 0 Å². The molecule has 1 saturated carbocycles. The molecule has 2 aliphatic carbocycles. The standard InChI is InChI=1S/C48H56N4O12/c1-4-24-62-48-43(51(29-32-14-19-41-42(25-32)61-30-60-41)44(55)21-15-31-12-16-34(17-13-31)52(57)58)28-39(50-59-3)37-26-33(10-6-8-22-53)36(11-7-9-23-54)45(46(37)48)38-27-35(18-20-40(38)64-48)63-47(56)49-5-2/h4,12-21,25-27,33,36,43,45-46,53-54H,1,5-11,22-24,28-30H2,2-3H3,(H,49,56). The lowest BCUT2D eigenvalue weighted by Crippen LogP contribution is -2.70. The van der Waals surface area contributed by atoms with Crippen molar-refractivity contribution in [1.82, 2.24) is 10.2 Å². The number of aliphatic hydroxyl groups excluding tert-OH is 2. The van der Waals surface area contributed by atoms with E-state index in [0.717, 1.165) is 36.0 Å². The van der Waals surface area contributed by atoms with E-state index in [1.807, 2.05) is 18.2 Å². The summed E-state index contributed by atoms with van der Waals surface area (Å²) < 4.78 is 31.5. The second-order valence-electron chi connectivity index (χ2n) is 16.2. The van der Waals surface area contributed by atoms with Crippen LogP contribution in [0, 0.1) is 27.9 Å². The van der Waals surface area contributed by atoms with E-state index in [-0.39, 0.29) is 63.0 Å². The Bertz CT molecular complexity index is 2260. The zero-order valence-electron chi connectivity index (χ0n) is 36.2. The Morgan fingerprint density at radius 1 is 1.02 bits per heavy atom. The van der Waals surface area contributed by atoms with Gasteiger partial charge in [-0.1, -0.05) is 36.2 Å². The molecule has 16 heteroatoms. The first-order chi connectivity index (χ1) is 31.1. The van der Waals surface area contributed by atoms with Gasteiger partial charge in [-0.25, -0.2) is 4.79 Å². The highest BCUT2D eigenvalue weighted by atomic mass is 16.7. The van der Waals surface area contributed by atoms with Gasteiger partial charge in [-0.2, -0.15) is 0 Å². The van der Waals surface area contributed by atoms with Gasteiger partial charge in [-0.3, -0.25) is 14.9 Å². The highest BCUT2D eigenvalue weighted by Crippen LogP contribution is 2.62. The molecule has 3 aromatic carbocycles. The number of oxime groups is 1. The highest BCUT2D eigenvalue weighted by molar-refractivity contribution is 6.03. The summed E-state index contributed by atoms with van der Waals surface area (Å²) in [6, 6.07) is 15.8. The number of unbranched alkanes of at least 4 members (excludes halogenated alkanes) is 2. The van der Waals surface area contributed by atoms with E-state index < -0.39 is 34.7 Å². The summed E-state index contributed by atoms with van der Waals surface area (Å²) in [6.07, 6.45) is 10.6. The molecule has 2 aliphatic heterocycles. The number of fused-ring (bicyclic) bond motifs is 3. The number of allylic oxidation sites excluding steroid dienone is 1. The molecule has 16 nitrogen and oxygen atoms in total. The Morgan fingerprint density at radius 3 is 2.48 bits per heavy atom. The monoisotopic (exact) mass is 880 g/mol. The van der Waals surface area contributed by atoms with E-state index in [0.29, 0.717) is 60.1 Å². The number of rotatable bonds is 20. The normalized spacial score (nSPS) is 23.3. The number of nitro benzene ring substituents is 1. The largest absolute Gasteiger partial charge is 0.459 e. The molecule has 4 aliphatic rings. The van der Waals surface area contributed by atoms with Gasteiger partial charge in [-0.15, -0.1) is 6.58 Å². The first kappa shape index (κ1) is 45.8. The van der Waals surface area contributed by atoms with E-state index in [1.54, 1.807) is 54.3 Å². The lowest BCUT2D eigenvalue weighted by atomic mass is 9.55. The molecule has 2 heterocycles. The minimum absolute atomic E-state index is 0.00730. The summed E-state index contributed by atoms with van der Waals surface area (Å²) in [5.74, 6) is -1.06. The minimum atomic E-state index is -1.56. The summed E-state index contributed by atoms with van der Waals surface area (Å²) in [5, 5.41) is 38.5. The first-order valence-corrected chi connectivity index (χ1v) is 21.8. The molecule has 1 fully saturated rings. The van der Waals surface area contributed by atoms with Crippen LogP contribution in [0.1, 0.15) is 74.5 Å². The number of amides is 2. The maximum absolute atomic E-state index is 15.1. The van der Waals surface area contributed by atoms with Crippen LogP contribution in [0.4, 0.5) is 10.5 Å². The molecule has 2 amide bonds. The topological polar surface area (TPSA) is 201 Å². The third-order valence-corrected chi connectivity index (χ3v) is 12.3. The molecule has 0 bridgehead atoms. The minimum Gasteiger partial charge on any atom is -0.459 e. The zero-order valence-corrected chi connectivity index (χ0v) is 36.2. The molecule has 0 aromatic heterocycles. The van der Waals surface area contributed by atoms with Crippen molar-refractivity contribution in [2.45, 2.75) is 76.2 Å². The summed E-state index contributed by atoms with van der Waals surface area (Å²) >= 11 is 0. The summed E-state index contributed by atoms with van der Waals surface area (Å²) in [6.45, 7) is 6.47. The van der Waals surface area contributed by atoms with Crippen molar-refractivity contribution in [2.24, 2.45) is 22.9 Å². The summed E-state index contributed by atoms with van der Waals surface area (Å²) in [7, 11) is 1.48. The van der Waals surface area contributed by atoms with Crippen LogP contribution >= 0.6 is 0 Å². The van der Waals surface area contributed by atoms with Crippen molar-refractivity contribution in [3.8, 4) is 23.0 Å². The van der Waals surface area contributed by atoms with E-state index in [2.05, 4.69) is 23.1 Å². The summed E-state index contributed by atoms with van der Waals surface area (Å²) in [5.41, 5.74) is 3.48. The number of hydrogen-bond acceptors (Lipinski definition) is 13. The number of nitrogens with zero attached hydrogens (tertiary/aromatic N) is 3. The van der Waals surface area contributed by atoms with Crippen LogP contribution in [0.15, 0.2) is 96.2 Å². The molecule has 6 unspecified atom stereocenters. The first-order valence-electron chi connectivity index (χ1n) is 21.8. The molecular formula is C48H56N4O12. The van der Waals surface area contributed by atoms with Crippen LogP contribution in [0.25, 0.3) is 6.08 Å². The smallest absolute Gasteiger partial charge is 0.412 e. The predicted molar refractivity (Wildman–Crippen MR) is 237 cm³/mol. The van der Waals surface area contributed by atoms with Gasteiger partial charge < -0.3 is 49.0 Å². The SMILES string of the molecule is C=CCOC12Oc3ccc(OC(=O)NCC)cc3C3C(CCCCO)C(CCCCO)C=C(C(=NOC)CC1N(Cc1ccc4c(c1)OCO4)C(=O)C=Cc1ccc([N+](=O)[O-])cc1)C32. The number of nitrogens with one attached hydrogen (secondary N) is 1. The fraction of sp³-hybridized carbons (Fsp3) is 0.438. The van der Waals surface area contributed by atoms with Crippen LogP contribution in [-0.4, -0.2) is 89.8 Å². The molecule has 0 spiro atoms. The number of aliphatic hydroxyl groups is 2. The number of hydrogen-bond donors (Lipinski definition) is 3. The molecular weight excluding hydrogens is 825 g/mol. The molecule has 64 heavy (non-hydrogen) atoms. The zero-order chi connectivity index (χ0) is 45.2. The van der Waals surface area contributed by atoms with Gasteiger partial charge in [0, 0.05) is 62.4 Å². The second-order valence-corrected chi connectivity index (χ2v) is 16.2. The van der Waals surface area contributed by atoms with E-state index in [9.17, 15) is 25.1 Å². The Morgan fingerprint density at radius 2 is 1.77 bits per heavy atom. The lowest BCUT2D eigenvalue weighted by Gasteiger charge is -2.60. The Balaban J connectivity index is 1.43. The van der Waals surface area contributed by atoms with Gasteiger partial charge in [-0.05, 0) is 110 Å². The maximum Gasteiger partial charge on any atom is 0.412 e. The quantitative estimate of drug-likeness (QED) is 0.0334. The number of benzene rings is 3. The van der Waals surface area contributed by atoms with Gasteiger partial charge in [0.15, 0.2) is 11.5 Å². The average molecular weight is 881 g/mol. The van der Waals surface area contributed by atoms with Crippen molar-refractivity contribution in [3.63, 3.8) is 0 Å². The van der Waals surface area contributed by atoms with Gasteiger partial charge in [0.25, 0.3) is 5.69 Å². The predicted octanol–water partition coefficient (Wildman–Crippen LogP) is 7.44. The average Bonchev–Trinajstić information content (AvgIpc) is 3.77. The van der Waals surface area contributed by atoms with Crippen molar-refractivity contribution in [3.05, 3.63) is 118 Å². The van der Waals surface area contributed by atoms with Crippen LogP contribution in [0.3, 0.4) is 0 Å². The number of non-ortho nitro benzene ring substituents is 1. The molecule has 340 valence electrons. The fourth-order valence-electron chi connectivity index (χ4n) is 9.66. The van der Waals surface area contributed by atoms with E-state index >= 15 is 4.79 Å². The molecule has 0 radical (unpaired) electrons. The van der Waals surface area contributed by atoms with Crippen molar-refractivity contribution >= 4 is 29.5 Å². The highest BCUT2D eigenvalue weighted by Gasteiger charge is 2.65. The number of carbonyl (C=O) groups excluding carboxylic acids is 2. The van der Waals surface area contributed by atoms with Crippen molar-refractivity contribution in [2.75, 3.05) is 40.3 Å². The molecule has 3 N–H and O–H groups in total. The number of ether oxygens (including phenoxy) is 5. The van der Waals surface area contributed by atoms with E-state index in [4.69, 9.17) is 28.5 Å². The lowest BCUT2D eigenvalue weighted by molar-refractivity contribution is -0.384. The number of nitro groups is 1. The molecule has 6 atom stereocenters. The van der Waals surface area contributed by atoms with Gasteiger partial charge in [0.05, 0.1) is 23.2 Å². The van der Waals surface area contributed by atoms with Crippen LogP contribution in [0.5, 0.6) is 23.0 Å². The van der Waals surface area contributed by atoms with Crippen LogP contribution in [0.2, 0.25) is 0 Å². The molecule has 7 rings (SSSR count). The molecule has 3 aromatic rings. The Hall–Kier alpha value is -6.23. The van der Waals surface area contributed by atoms with Gasteiger partial charge >= 0.3 is 6.09 Å². The van der Waals surface area contributed by atoms with E-state index in [1.165, 1.54) is 25.3 Å². The maximum atomic E-state index is 15.1. The summed E-state index contributed by atoms with van der Waals surface area (Å²) in [4.78, 5) is 46.0. The van der Waals surface area contributed by atoms with Crippen LogP contribution in [-0.2, 0) is 20.9 Å². The Labute approximate surface area is 372 Å². The van der Waals surface area contributed by atoms with Gasteiger partial charge in [0.2, 0.25) is 18.5 Å².